The van der Waals surface area contributed by atoms with Gasteiger partial charge in [-0.15, -0.1) is 0 Å². The largest absolute Gasteiger partial charge is 0.457 e. The van der Waals surface area contributed by atoms with Gasteiger partial charge in [-0.05, 0) is 24.3 Å². The molecule has 0 spiro atoms. The molecule has 108 valence electrons. The van der Waals surface area contributed by atoms with Crippen molar-refractivity contribution in [3.05, 3.63) is 24.3 Å². The Morgan fingerprint density at radius 1 is 1.15 bits per heavy atom. The van der Waals surface area contributed by atoms with Gasteiger partial charge in [0.1, 0.15) is 6.10 Å². The highest BCUT2D eigenvalue weighted by Gasteiger charge is 2.28. The smallest absolute Gasteiger partial charge is 0.289 e. The van der Waals surface area contributed by atoms with Gasteiger partial charge >= 0.3 is 0 Å². The zero-order valence-electron chi connectivity index (χ0n) is 11.3. The molecule has 0 saturated carbocycles. The minimum absolute atomic E-state index is 0.0647. The van der Waals surface area contributed by atoms with Gasteiger partial charge in [-0.2, -0.15) is 0 Å². The molecular formula is C14H19N3O3. The molecule has 0 aromatic heterocycles. The summed E-state index contributed by atoms with van der Waals surface area (Å²) >= 11 is 0. The summed E-state index contributed by atoms with van der Waals surface area (Å²) in [7, 11) is 0. The number of anilines is 2. The van der Waals surface area contributed by atoms with Gasteiger partial charge < -0.3 is 19.5 Å². The highest BCUT2D eigenvalue weighted by atomic mass is 16.5. The van der Waals surface area contributed by atoms with Gasteiger partial charge in [0.25, 0.3) is 6.02 Å². The molecular weight excluding hydrogens is 258 g/mol. The summed E-state index contributed by atoms with van der Waals surface area (Å²) in [4.78, 5) is 4.06. The number of hydrogen-bond acceptors (Lipinski definition) is 5. The molecule has 0 unspecified atom stereocenters. The molecule has 1 atom stereocenters. The molecule has 3 rings (SSSR count). The van der Waals surface area contributed by atoms with E-state index in [4.69, 9.17) is 20.0 Å². The molecule has 0 amide bonds. The van der Waals surface area contributed by atoms with E-state index in [9.17, 15) is 0 Å². The number of amidine groups is 1. The van der Waals surface area contributed by atoms with E-state index in [-0.39, 0.29) is 18.7 Å². The lowest BCUT2D eigenvalue weighted by Gasteiger charge is -2.29. The molecule has 2 aliphatic rings. The summed E-state index contributed by atoms with van der Waals surface area (Å²) in [5, 5.41) is 16.9. The van der Waals surface area contributed by atoms with E-state index in [2.05, 4.69) is 17.0 Å². The molecule has 0 bridgehead atoms. The van der Waals surface area contributed by atoms with Crippen molar-refractivity contribution >= 4 is 17.4 Å². The van der Waals surface area contributed by atoms with Crippen molar-refractivity contribution in [2.45, 2.75) is 6.10 Å². The SMILES string of the molecule is N=C1O[C@@H](CO)CN1c1ccc(N2CCOCC2)cc1. The number of nitrogens with one attached hydrogen (secondary N) is 1. The highest BCUT2D eigenvalue weighted by Crippen LogP contribution is 2.24. The van der Waals surface area contributed by atoms with Crippen LogP contribution >= 0.6 is 0 Å². The van der Waals surface area contributed by atoms with Crippen LogP contribution in [-0.2, 0) is 9.47 Å². The van der Waals surface area contributed by atoms with Crippen molar-refractivity contribution in [2.24, 2.45) is 0 Å². The van der Waals surface area contributed by atoms with E-state index in [1.54, 1.807) is 4.90 Å². The lowest BCUT2D eigenvalue weighted by molar-refractivity contribution is 0.122. The van der Waals surface area contributed by atoms with Crippen LogP contribution in [0.4, 0.5) is 11.4 Å². The van der Waals surface area contributed by atoms with E-state index < -0.39 is 0 Å². The summed E-state index contributed by atoms with van der Waals surface area (Å²) in [5.41, 5.74) is 2.09. The minimum Gasteiger partial charge on any atom is -0.457 e. The van der Waals surface area contributed by atoms with Crippen LogP contribution in [0, 0.1) is 5.41 Å². The molecule has 20 heavy (non-hydrogen) atoms. The van der Waals surface area contributed by atoms with Gasteiger partial charge in [0, 0.05) is 24.5 Å². The van der Waals surface area contributed by atoms with Crippen LogP contribution in [0.3, 0.4) is 0 Å². The molecule has 0 aliphatic carbocycles. The summed E-state index contributed by atoms with van der Waals surface area (Å²) < 4.78 is 10.6. The van der Waals surface area contributed by atoms with Crippen LogP contribution in [-0.4, -0.2) is 56.7 Å². The summed E-state index contributed by atoms with van der Waals surface area (Å²) in [5.74, 6) is 0. The Morgan fingerprint density at radius 2 is 1.80 bits per heavy atom. The second-order valence-corrected chi connectivity index (χ2v) is 4.95. The lowest BCUT2D eigenvalue weighted by atomic mass is 10.2. The van der Waals surface area contributed by atoms with Gasteiger partial charge in [-0.25, -0.2) is 0 Å². The number of aliphatic hydroxyl groups is 1. The van der Waals surface area contributed by atoms with Crippen molar-refractivity contribution in [1.29, 1.82) is 5.41 Å². The molecule has 2 saturated heterocycles. The van der Waals surface area contributed by atoms with Gasteiger partial charge in [0.2, 0.25) is 0 Å². The first-order chi connectivity index (χ1) is 9.78. The Labute approximate surface area is 118 Å². The monoisotopic (exact) mass is 277 g/mol. The predicted molar refractivity (Wildman–Crippen MR) is 76.5 cm³/mol. The molecule has 2 aliphatic heterocycles. The van der Waals surface area contributed by atoms with Gasteiger partial charge in [-0.3, -0.25) is 10.3 Å². The molecule has 6 nitrogen and oxygen atoms in total. The zero-order chi connectivity index (χ0) is 13.9. The van der Waals surface area contributed by atoms with Crippen LogP contribution in [0.1, 0.15) is 0 Å². The number of benzene rings is 1. The summed E-state index contributed by atoms with van der Waals surface area (Å²) in [6, 6.07) is 8.19. The third-order valence-corrected chi connectivity index (χ3v) is 3.65. The number of morpholine rings is 1. The van der Waals surface area contributed by atoms with Crippen LogP contribution in [0.5, 0.6) is 0 Å². The number of nitrogens with zero attached hydrogens (tertiary/aromatic N) is 2. The van der Waals surface area contributed by atoms with E-state index >= 15 is 0 Å². The van der Waals surface area contributed by atoms with Gasteiger partial charge in [0.05, 0.1) is 26.4 Å². The standard InChI is InChI=1S/C14H19N3O3/c15-14-17(9-13(10-18)20-14)12-3-1-11(2-4-12)16-5-7-19-8-6-16/h1-4,13,15,18H,5-10H2/t13-/m1/s1. The van der Waals surface area contributed by atoms with Crippen molar-refractivity contribution in [1.82, 2.24) is 0 Å². The maximum absolute atomic E-state index is 9.10. The molecule has 0 radical (unpaired) electrons. The second-order valence-electron chi connectivity index (χ2n) is 4.95. The van der Waals surface area contributed by atoms with E-state index in [1.807, 2.05) is 12.1 Å². The first-order valence-corrected chi connectivity index (χ1v) is 6.84. The van der Waals surface area contributed by atoms with Crippen LogP contribution in [0.25, 0.3) is 0 Å². The third-order valence-electron chi connectivity index (χ3n) is 3.65. The predicted octanol–water partition coefficient (Wildman–Crippen LogP) is 0.655. The third kappa shape index (κ3) is 2.57. The van der Waals surface area contributed by atoms with Crippen LogP contribution in [0.2, 0.25) is 0 Å². The topological polar surface area (TPSA) is 69.0 Å². The average Bonchev–Trinajstić information content (AvgIpc) is 2.89. The van der Waals surface area contributed by atoms with Gasteiger partial charge in [0.15, 0.2) is 0 Å². The fourth-order valence-corrected chi connectivity index (χ4v) is 2.53. The maximum atomic E-state index is 9.10. The Hall–Kier alpha value is -1.79. The van der Waals surface area contributed by atoms with E-state index in [0.717, 1.165) is 32.0 Å². The molecule has 6 heteroatoms. The number of hydrogen-bond donors (Lipinski definition) is 2. The Balaban J connectivity index is 1.71. The average molecular weight is 277 g/mol. The lowest BCUT2D eigenvalue weighted by Crippen LogP contribution is -2.36. The minimum atomic E-state index is -0.304. The van der Waals surface area contributed by atoms with Crippen LogP contribution in [0.15, 0.2) is 24.3 Å². The molecule has 1 aromatic rings. The number of aliphatic hydroxyl groups excluding tert-OH is 1. The zero-order valence-corrected chi connectivity index (χ0v) is 11.3. The van der Waals surface area contributed by atoms with E-state index in [0.29, 0.717) is 6.54 Å². The van der Waals surface area contributed by atoms with Crippen molar-refractivity contribution in [2.75, 3.05) is 49.3 Å². The molecule has 1 aromatic carbocycles. The number of rotatable bonds is 3. The fourth-order valence-electron chi connectivity index (χ4n) is 2.53. The molecule has 2 N–H and O–H groups in total. The normalized spacial score (nSPS) is 23.1. The summed E-state index contributed by atoms with van der Waals surface area (Å²) in [6.45, 7) is 3.81. The first-order valence-electron chi connectivity index (χ1n) is 6.84. The molecule has 2 heterocycles. The van der Waals surface area contributed by atoms with Crippen molar-refractivity contribution in [3.8, 4) is 0 Å². The highest BCUT2D eigenvalue weighted by molar-refractivity contribution is 5.91. The Morgan fingerprint density at radius 3 is 2.40 bits per heavy atom. The van der Waals surface area contributed by atoms with Crippen molar-refractivity contribution in [3.63, 3.8) is 0 Å². The fraction of sp³-hybridized carbons (Fsp3) is 0.500. The van der Waals surface area contributed by atoms with Gasteiger partial charge in [-0.1, -0.05) is 0 Å². The second kappa shape index (κ2) is 5.68. The Kier molecular flexibility index (Phi) is 3.75. The van der Waals surface area contributed by atoms with Crippen molar-refractivity contribution < 1.29 is 14.6 Å². The quantitative estimate of drug-likeness (QED) is 0.849. The number of ether oxygens (including phenoxy) is 2. The van der Waals surface area contributed by atoms with Crippen LogP contribution < -0.4 is 9.80 Å². The first kappa shape index (κ1) is 13.2. The molecule has 2 fully saturated rings. The van der Waals surface area contributed by atoms with E-state index in [1.165, 1.54) is 5.69 Å². The maximum Gasteiger partial charge on any atom is 0.289 e. The Bertz CT molecular complexity index is 471. The summed E-state index contributed by atoms with van der Waals surface area (Å²) in [6.07, 6.45) is -0.304.